The highest BCUT2D eigenvalue weighted by Gasteiger charge is 2.22. The Labute approximate surface area is 91.5 Å². The van der Waals surface area contributed by atoms with Gasteiger partial charge in [-0.2, -0.15) is 0 Å². The summed E-state index contributed by atoms with van der Waals surface area (Å²) in [5, 5.41) is 0. The number of rotatable bonds is 7. The third kappa shape index (κ3) is 5.67. The molecule has 14 heavy (non-hydrogen) atoms. The van der Waals surface area contributed by atoms with Crippen LogP contribution < -0.4 is 0 Å². The first-order valence-electron chi connectivity index (χ1n) is 6.40. The monoisotopic (exact) mass is 198 g/mol. The van der Waals surface area contributed by atoms with Crippen molar-refractivity contribution in [2.75, 3.05) is 0 Å². The van der Waals surface area contributed by atoms with Crippen LogP contribution in [0, 0.1) is 17.3 Å². The predicted octanol–water partition coefficient (Wildman–Crippen LogP) is 5.28. The van der Waals surface area contributed by atoms with Crippen molar-refractivity contribution in [2.45, 2.75) is 73.6 Å². The zero-order valence-corrected chi connectivity index (χ0v) is 11.2. The molecule has 1 unspecified atom stereocenters. The van der Waals surface area contributed by atoms with Crippen LogP contribution in [0.3, 0.4) is 0 Å². The molecule has 0 bridgehead atoms. The Bertz CT molecular complexity index is 133. The Morgan fingerprint density at radius 3 is 2.00 bits per heavy atom. The lowest BCUT2D eigenvalue weighted by Crippen LogP contribution is -2.19. The van der Waals surface area contributed by atoms with Crippen molar-refractivity contribution >= 4 is 0 Å². The summed E-state index contributed by atoms with van der Waals surface area (Å²) in [6.07, 6.45) is 6.96. The van der Waals surface area contributed by atoms with Crippen molar-refractivity contribution in [1.82, 2.24) is 0 Å². The van der Waals surface area contributed by atoms with Crippen molar-refractivity contribution in [3.8, 4) is 0 Å². The molecule has 0 amide bonds. The number of hydrogen-bond acceptors (Lipinski definition) is 0. The van der Waals surface area contributed by atoms with Gasteiger partial charge in [0.25, 0.3) is 0 Å². The van der Waals surface area contributed by atoms with Crippen molar-refractivity contribution < 1.29 is 0 Å². The van der Waals surface area contributed by atoms with Gasteiger partial charge in [0.2, 0.25) is 0 Å². The summed E-state index contributed by atoms with van der Waals surface area (Å²) >= 11 is 0. The van der Waals surface area contributed by atoms with Gasteiger partial charge < -0.3 is 0 Å². The molecule has 0 aliphatic heterocycles. The van der Waals surface area contributed by atoms with Crippen LogP contribution in [0.5, 0.6) is 0 Å². The minimum atomic E-state index is 0.528. The average Bonchev–Trinajstić information content (AvgIpc) is 2.11. The van der Waals surface area contributed by atoms with Crippen molar-refractivity contribution in [1.29, 1.82) is 0 Å². The molecule has 0 fully saturated rings. The van der Waals surface area contributed by atoms with Gasteiger partial charge in [0.05, 0.1) is 0 Å². The third-order valence-corrected chi connectivity index (χ3v) is 3.89. The lowest BCUT2D eigenvalue weighted by Gasteiger charge is -2.30. The van der Waals surface area contributed by atoms with Crippen LogP contribution in [0.2, 0.25) is 0 Å². The van der Waals surface area contributed by atoms with E-state index >= 15 is 0 Å². The summed E-state index contributed by atoms with van der Waals surface area (Å²) in [5.74, 6) is 1.73. The lowest BCUT2D eigenvalue weighted by atomic mass is 9.76. The van der Waals surface area contributed by atoms with E-state index in [4.69, 9.17) is 0 Å². The van der Waals surface area contributed by atoms with Gasteiger partial charge in [-0.25, -0.2) is 0 Å². The maximum absolute atomic E-state index is 2.41. The molecule has 0 aliphatic rings. The van der Waals surface area contributed by atoms with Gasteiger partial charge in [-0.15, -0.1) is 0 Å². The summed E-state index contributed by atoms with van der Waals surface area (Å²) < 4.78 is 0. The van der Waals surface area contributed by atoms with Gasteiger partial charge in [-0.05, 0) is 23.7 Å². The molecule has 0 spiro atoms. The van der Waals surface area contributed by atoms with Crippen LogP contribution in [0.1, 0.15) is 73.6 Å². The summed E-state index contributed by atoms with van der Waals surface area (Å²) in [4.78, 5) is 0. The molecule has 86 valence electrons. The highest BCUT2D eigenvalue weighted by Crippen LogP contribution is 2.33. The van der Waals surface area contributed by atoms with Gasteiger partial charge in [0, 0.05) is 0 Å². The van der Waals surface area contributed by atoms with Gasteiger partial charge in [-0.1, -0.05) is 67.2 Å². The Morgan fingerprint density at radius 2 is 1.57 bits per heavy atom. The van der Waals surface area contributed by atoms with Crippen LogP contribution in [0.4, 0.5) is 0 Å². The highest BCUT2D eigenvalue weighted by molar-refractivity contribution is 4.73. The number of unbranched alkanes of at least 4 members (excludes halogenated alkanes) is 1. The normalized spacial score (nSPS) is 14.8. The van der Waals surface area contributed by atoms with E-state index in [0.29, 0.717) is 5.41 Å². The largest absolute Gasteiger partial charge is 0.0654 e. The molecule has 0 heterocycles. The smallest absolute Gasteiger partial charge is 0.0331 e. The van der Waals surface area contributed by atoms with E-state index in [1.807, 2.05) is 0 Å². The Kier molecular flexibility index (Phi) is 6.48. The Hall–Kier alpha value is 0. The molecule has 0 aromatic heterocycles. The van der Waals surface area contributed by atoms with Gasteiger partial charge >= 0.3 is 0 Å². The fraction of sp³-hybridized carbons (Fsp3) is 1.00. The van der Waals surface area contributed by atoms with E-state index in [2.05, 4.69) is 41.5 Å². The maximum atomic E-state index is 2.41. The van der Waals surface area contributed by atoms with E-state index in [-0.39, 0.29) is 0 Å². The standard InChI is InChI=1S/C14H30/c1-7-8-9-13(4)10-11-14(5,6)12(2)3/h12-13H,7-11H2,1-6H3. The first-order valence-corrected chi connectivity index (χ1v) is 6.40. The van der Waals surface area contributed by atoms with Crippen molar-refractivity contribution in [3.05, 3.63) is 0 Å². The van der Waals surface area contributed by atoms with Crippen LogP contribution in [-0.4, -0.2) is 0 Å². The number of hydrogen-bond donors (Lipinski definition) is 0. The molecule has 1 atom stereocenters. The second-order valence-electron chi connectivity index (χ2n) is 5.93. The topological polar surface area (TPSA) is 0 Å². The van der Waals surface area contributed by atoms with E-state index in [1.165, 1.54) is 32.1 Å². The fourth-order valence-corrected chi connectivity index (χ4v) is 1.60. The first-order chi connectivity index (χ1) is 6.40. The zero-order chi connectivity index (χ0) is 11.2. The van der Waals surface area contributed by atoms with E-state index in [0.717, 1.165) is 11.8 Å². The molecule has 0 radical (unpaired) electrons. The second-order valence-corrected chi connectivity index (χ2v) is 5.93. The summed E-state index contributed by atoms with van der Waals surface area (Å²) in [6.45, 7) is 14.2. The molecule has 0 saturated heterocycles. The van der Waals surface area contributed by atoms with Crippen molar-refractivity contribution in [2.24, 2.45) is 17.3 Å². The molecule has 0 aromatic carbocycles. The highest BCUT2D eigenvalue weighted by atomic mass is 14.3. The second kappa shape index (κ2) is 6.48. The zero-order valence-electron chi connectivity index (χ0n) is 11.2. The summed E-state index contributed by atoms with van der Waals surface area (Å²) in [6, 6.07) is 0. The first kappa shape index (κ1) is 14.0. The van der Waals surface area contributed by atoms with Crippen molar-refractivity contribution in [3.63, 3.8) is 0 Å². The minimum Gasteiger partial charge on any atom is -0.0654 e. The SMILES string of the molecule is CCCCC(C)CCC(C)(C)C(C)C. The third-order valence-electron chi connectivity index (χ3n) is 3.89. The van der Waals surface area contributed by atoms with E-state index in [1.54, 1.807) is 0 Å². The molecular formula is C14H30. The van der Waals surface area contributed by atoms with Crippen LogP contribution in [0.15, 0.2) is 0 Å². The average molecular weight is 198 g/mol. The summed E-state index contributed by atoms with van der Waals surface area (Å²) in [7, 11) is 0. The molecule has 0 N–H and O–H groups in total. The van der Waals surface area contributed by atoms with Crippen LogP contribution in [-0.2, 0) is 0 Å². The molecule has 0 aliphatic carbocycles. The molecule has 0 heteroatoms. The quantitative estimate of drug-likeness (QED) is 0.522. The Morgan fingerprint density at radius 1 is 1.00 bits per heavy atom. The minimum absolute atomic E-state index is 0.528. The van der Waals surface area contributed by atoms with Crippen LogP contribution >= 0.6 is 0 Å². The molecule has 0 saturated carbocycles. The van der Waals surface area contributed by atoms with Crippen LogP contribution in [0.25, 0.3) is 0 Å². The lowest BCUT2D eigenvalue weighted by molar-refractivity contribution is 0.208. The molecule has 0 nitrogen and oxygen atoms in total. The maximum Gasteiger partial charge on any atom is -0.0331 e. The van der Waals surface area contributed by atoms with E-state index < -0.39 is 0 Å². The molecule has 0 aromatic rings. The Balaban J connectivity index is 3.70. The summed E-state index contributed by atoms with van der Waals surface area (Å²) in [5.41, 5.74) is 0.528. The van der Waals surface area contributed by atoms with Gasteiger partial charge in [-0.3, -0.25) is 0 Å². The molecular weight excluding hydrogens is 168 g/mol. The fourth-order valence-electron chi connectivity index (χ4n) is 1.60. The van der Waals surface area contributed by atoms with E-state index in [9.17, 15) is 0 Å². The van der Waals surface area contributed by atoms with Gasteiger partial charge in [0.1, 0.15) is 0 Å². The predicted molar refractivity (Wildman–Crippen MR) is 66.5 cm³/mol. The molecule has 0 rings (SSSR count). The van der Waals surface area contributed by atoms with Gasteiger partial charge in [0.15, 0.2) is 0 Å².